The Kier molecular flexibility index (Phi) is 6.49. The Morgan fingerprint density at radius 2 is 2.31 bits per heavy atom. The molecule has 1 heterocycles. The molecule has 0 aromatic carbocycles. The lowest BCUT2D eigenvalue weighted by molar-refractivity contribution is 0.502. The Morgan fingerprint density at radius 1 is 1.50 bits per heavy atom. The second kappa shape index (κ2) is 7.68. The van der Waals surface area contributed by atoms with Gasteiger partial charge < -0.3 is 5.32 Å². The molecule has 1 aromatic rings. The molecule has 1 unspecified atom stereocenters. The molecule has 1 N–H and O–H groups in total. The van der Waals surface area contributed by atoms with Crippen LogP contribution in [0, 0.1) is 0 Å². The number of nitrogens with zero attached hydrogens (tertiary/aromatic N) is 3. The van der Waals surface area contributed by atoms with Gasteiger partial charge in [0.1, 0.15) is 12.2 Å². The van der Waals surface area contributed by atoms with Gasteiger partial charge in [0.2, 0.25) is 0 Å². The highest BCUT2D eigenvalue weighted by atomic mass is 32.2. The van der Waals surface area contributed by atoms with E-state index >= 15 is 0 Å². The van der Waals surface area contributed by atoms with Crippen LogP contribution in [0.25, 0.3) is 0 Å². The van der Waals surface area contributed by atoms with Gasteiger partial charge in [-0.05, 0) is 31.8 Å². The minimum Gasteiger partial charge on any atom is -0.307 e. The zero-order chi connectivity index (χ0) is 11.8. The van der Waals surface area contributed by atoms with Gasteiger partial charge in [-0.1, -0.05) is 6.92 Å². The summed E-state index contributed by atoms with van der Waals surface area (Å²) in [5, 5.41) is 7.63. The summed E-state index contributed by atoms with van der Waals surface area (Å²) < 4.78 is 1.93. The molecule has 0 amide bonds. The molecular weight excluding hydrogens is 220 g/mol. The number of rotatable bonds is 8. The molecule has 92 valence electrons. The summed E-state index contributed by atoms with van der Waals surface area (Å²) >= 11 is 1.99. The van der Waals surface area contributed by atoms with Gasteiger partial charge in [-0.25, -0.2) is 9.67 Å². The molecule has 0 radical (unpaired) electrons. The fourth-order valence-corrected chi connectivity index (χ4v) is 2.27. The van der Waals surface area contributed by atoms with Gasteiger partial charge >= 0.3 is 0 Å². The minimum atomic E-state index is 0.543. The standard InChI is InChI=1S/C11H22N4S/c1-4-15-11(13-9-14-15)8-12-10(3)6-7-16-5-2/h9-10,12H,4-8H2,1-3H3. The minimum absolute atomic E-state index is 0.543. The van der Waals surface area contributed by atoms with E-state index in [9.17, 15) is 0 Å². The summed E-state index contributed by atoms with van der Waals surface area (Å²) in [5.41, 5.74) is 0. The zero-order valence-electron chi connectivity index (χ0n) is 10.4. The van der Waals surface area contributed by atoms with Crippen LogP contribution in [-0.2, 0) is 13.1 Å². The van der Waals surface area contributed by atoms with Crippen molar-refractivity contribution in [2.24, 2.45) is 0 Å². The van der Waals surface area contributed by atoms with Gasteiger partial charge in [0.25, 0.3) is 0 Å². The van der Waals surface area contributed by atoms with E-state index in [0.717, 1.165) is 18.9 Å². The first kappa shape index (κ1) is 13.5. The molecule has 4 nitrogen and oxygen atoms in total. The maximum absolute atomic E-state index is 4.24. The first-order valence-electron chi connectivity index (χ1n) is 5.95. The summed E-state index contributed by atoms with van der Waals surface area (Å²) in [6, 6.07) is 0.543. The van der Waals surface area contributed by atoms with Crippen molar-refractivity contribution in [1.29, 1.82) is 0 Å². The summed E-state index contributed by atoms with van der Waals surface area (Å²) in [7, 11) is 0. The third-order valence-electron chi connectivity index (χ3n) is 2.50. The summed E-state index contributed by atoms with van der Waals surface area (Å²) in [6.45, 7) is 8.21. The van der Waals surface area contributed by atoms with Crippen LogP contribution in [0.5, 0.6) is 0 Å². The highest BCUT2D eigenvalue weighted by Gasteiger charge is 2.05. The lowest BCUT2D eigenvalue weighted by Crippen LogP contribution is -2.27. The Bertz CT molecular complexity index is 287. The third-order valence-corrected chi connectivity index (χ3v) is 3.44. The molecule has 1 atom stereocenters. The zero-order valence-corrected chi connectivity index (χ0v) is 11.3. The van der Waals surface area contributed by atoms with Crippen molar-refractivity contribution < 1.29 is 0 Å². The maximum Gasteiger partial charge on any atom is 0.140 e. The highest BCUT2D eigenvalue weighted by Crippen LogP contribution is 2.04. The average Bonchev–Trinajstić information content (AvgIpc) is 2.74. The van der Waals surface area contributed by atoms with Crippen LogP contribution in [0.3, 0.4) is 0 Å². The molecular formula is C11H22N4S. The van der Waals surface area contributed by atoms with E-state index in [1.165, 1.54) is 17.9 Å². The van der Waals surface area contributed by atoms with E-state index in [-0.39, 0.29) is 0 Å². The first-order chi connectivity index (χ1) is 7.77. The Hall–Kier alpha value is -0.550. The molecule has 0 saturated carbocycles. The number of aromatic nitrogens is 3. The van der Waals surface area contributed by atoms with Crippen LogP contribution in [-0.4, -0.2) is 32.3 Å². The molecule has 16 heavy (non-hydrogen) atoms. The van der Waals surface area contributed by atoms with Crippen LogP contribution < -0.4 is 5.32 Å². The van der Waals surface area contributed by atoms with Gasteiger partial charge in [0.15, 0.2) is 0 Å². The van der Waals surface area contributed by atoms with E-state index in [1.807, 2.05) is 16.4 Å². The SMILES string of the molecule is CCSCCC(C)NCc1ncnn1CC. The van der Waals surface area contributed by atoms with Crippen molar-refractivity contribution in [3.8, 4) is 0 Å². The largest absolute Gasteiger partial charge is 0.307 e. The molecule has 0 saturated heterocycles. The molecule has 5 heteroatoms. The number of nitrogens with one attached hydrogen (secondary N) is 1. The number of hydrogen-bond acceptors (Lipinski definition) is 4. The van der Waals surface area contributed by atoms with Gasteiger partial charge in [-0.3, -0.25) is 0 Å². The average molecular weight is 242 g/mol. The Morgan fingerprint density at radius 3 is 3.00 bits per heavy atom. The number of thioether (sulfide) groups is 1. The second-order valence-corrected chi connectivity index (χ2v) is 5.15. The van der Waals surface area contributed by atoms with E-state index in [0.29, 0.717) is 6.04 Å². The van der Waals surface area contributed by atoms with Crippen molar-refractivity contribution in [3.05, 3.63) is 12.2 Å². The van der Waals surface area contributed by atoms with E-state index < -0.39 is 0 Å². The van der Waals surface area contributed by atoms with Crippen molar-refractivity contribution in [3.63, 3.8) is 0 Å². The van der Waals surface area contributed by atoms with E-state index in [1.54, 1.807) is 6.33 Å². The Labute approximate surface area is 102 Å². The number of hydrogen-bond donors (Lipinski definition) is 1. The Balaban J connectivity index is 2.23. The fraction of sp³-hybridized carbons (Fsp3) is 0.818. The molecule has 0 fully saturated rings. The molecule has 0 bridgehead atoms. The predicted octanol–water partition coefficient (Wildman–Crippen LogP) is 1.92. The first-order valence-corrected chi connectivity index (χ1v) is 7.11. The highest BCUT2D eigenvalue weighted by molar-refractivity contribution is 7.99. The van der Waals surface area contributed by atoms with Crippen LogP contribution in [0.2, 0.25) is 0 Å². The normalized spacial score (nSPS) is 12.9. The van der Waals surface area contributed by atoms with E-state index in [2.05, 4.69) is 36.2 Å². The summed E-state index contributed by atoms with van der Waals surface area (Å²) in [4.78, 5) is 4.24. The molecule has 1 aromatic heterocycles. The molecule has 0 spiro atoms. The lowest BCUT2D eigenvalue weighted by atomic mass is 10.2. The molecule has 1 rings (SSSR count). The van der Waals surface area contributed by atoms with Crippen LogP contribution >= 0.6 is 11.8 Å². The molecule has 0 aliphatic rings. The summed E-state index contributed by atoms with van der Waals surface area (Å²) in [5.74, 6) is 3.46. The quantitative estimate of drug-likeness (QED) is 0.707. The predicted molar refractivity (Wildman–Crippen MR) is 69.6 cm³/mol. The summed E-state index contributed by atoms with van der Waals surface area (Å²) in [6.07, 6.45) is 2.83. The van der Waals surface area contributed by atoms with E-state index in [4.69, 9.17) is 0 Å². The van der Waals surface area contributed by atoms with Crippen molar-refractivity contribution in [2.45, 2.75) is 46.3 Å². The van der Waals surface area contributed by atoms with Gasteiger partial charge in [-0.2, -0.15) is 16.9 Å². The lowest BCUT2D eigenvalue weighted by Gasteiger charge is -2.13. The molecule has 0 aliphatic carbocycles. The topological polar surface area (TPSA) is 42.7 Å². The van der Waals surface area contributed by atoms with Gasteiger partial charge in [0.05, 0.1) is 6.54 Å². The van der Waals surface area contributed by atoms with Crippen molar-refractivity contribution in [2.75, 3.05) is 11.5 Å². The smallest absolute Gasteiger partial charge is 0.140 e. The maximum atomic E-state index is 4.24. The monoisotopic (exact) mass is 242 g/mol. The third kappa shape index (κ3) is 4.53. The van der Waals surface area contributed by atoms with Gasteiger partial charge in [0, 0.05) is 12.6 Å². The van der Waals surface area contributed by atoms with Crippen molar-refractivity contribution in [1.82, 2.24) is 20.1 Å². The van der Waals surface area contributed by atoms with Crippen LogP contribution in [0.1, 0.15) is 33.0 Å². The van der Waals surface area contributed by atoms with Crippen LogP contribution in [0.15, 0.2) is 6.33 Å². The van der Waals surface area contributed by atoms with Crippen LogP contribution in [0.4, 0.5) is 0 Å². The second-order valence-electron chi connectivity index (χ2n) is 3.76. The number of aryl methyl sites for hydroxylation is 1. The van der Waals surface area contributed by atoms with Gasteiger partial charge in [-0.15, -0.1) is 0 Å². The van der Waals surface area contributed by atoms with Crippen molar-refractivity contribution >= 4 is 11.8 Å². The fourth-order valence-electron chi connectivity index (χ4n) is 1.46. The molecule has 0 aliphatic heterocycles.